The summed E-state index contributed by atoms with van der Waals surface area (Å²) >= 11 is 0. The molecule has 0 saturated carbocycles. The van der Waals surface area contributed by atoms with Gasteiger partial charge in [-0.15, -0.1) is 0 Å². The summed E-state index contributed by atoms with van der Waals surface area (Å²) in [5, 5.41) is 29.1. The van der Waals surface area contributed by atoms with Gasteiger partial charge in [0.2, 0.25) is 5.91 Å². The zero-order chi connectivity index (χ0) is 11.8. The lowest BCUT2D eigenvalue weighted by atomic mass is 10.3. The van der Waals surface area contributed by atoms with Gasteiger partial charge in [-0.3, -0.25) is 4.79 Å². The number of hydrogen-bond acceptors (Lipinski definition) is 5. The minimum Gasteiger partial charge on any atom is -0.395 e. The molecular formula is C9H20N2O4. The van der Waals surface area contributed by atoms with Crippen molar-refractivity contribution in [2.45, 2.75) is 26.2 Å². The van der Waals surface area contributed by atoms with Crippen molar-refractivity contribution in [3.05, 3.63) is 0 Å². The van der Waals surface area contributed by atoms with E-state index < -0.39 is 12.3 Å². The average molecular weight is 220 g/mol. The van der Waals surface area contributed by atoms with Crippen LogP contribution in [0.4, 0.5) is 0 Å². The second kappa shape index (κ2) is 7.58. The number of aliphatic hydroxyl groups excluding tert-OH is 2. The SMILES string of the molecule is CCN(CCNC(CO)C(O)O)C(C)=O. The summed E-state index contributed by atoms with van der Waals surface area (Å²) in [5.41, 5.74) is 0. The second-order valence-corrected chi connectivity index (χ2v) is 3.26. The molecule has 0 aliphatic heterocycles. The van der Waals surface area contributed by atoms with Crippen molar-refractivity contribution in [2.75, 3.05) is 26.2 Å². The smallest absolute Gasteiger partial charge is 0.219 e. The largest absolute Gasteiger partial charge is 0.395 e. The van der Waals surface area contributed by atoms with E-state index in [0.717, 1.165) is 0 Å². The summed E-state index contributed by atoms with van der Waals surface area (Å²) in [6.07, 6.45) is -1.59. The first kappa shape index (κ1) is 14.3. The summed E-state index contributed by atoms with van der Waals surface area (Å²) < 4.78 is 0. The van der Waals surface area contributed by atoms with E-state index in [4.69, 9.17) is 15.3 Å². The maximum absolute atomic E-state index is 11.0. The molecule has 1 amide bonds. The van der Waals surface area contributed by atoms with Crippen LogP contribution in [0.3, 0.4) is 0 Å². The predicted octanol–water partition coefficient (Wildman–Crippen LogP) is -1.88. The lowest BCUT2D eigenvalue weighted by Gasteiger charge is -2.22. The van der Waals surface area contributed by atoms with Crippen molar-refractivity contribution >= 4 is 5.91 Å². The number of carbonyl (C=O) groups is 1. The van der Waals surface area contributed by atoms with Crippen molar-refractivity contribution in [3.8, 4) is 0 Å². The molecule has 0 heterocycles. The van der Waals surface area contributed by atoms with Crippen LogP contribution in [0.2, 0.25) is 0 Å². The molecular weight excluding hydrogens is 200 g/mol. The zero-order valence-corrected chi connectivity index (χ0v) is 9.18. The van der Waals surface area contributed by atoms with E-state index in [1.165, 1.54) is 6.92 Å². The van der Waals surface area contributed by atoms with Crippen LogP contribution < -0.4 is 5.32 Å². The van der Waals surface area contributed by atoms with Gasteiger partial charge in [-0.1, -0.05) is 0 Å². The van der Waals surface area contributed by atoms with Crippen LogP contribution >= 0.6 is 0 Å². The van der Waals surface area contributed by atoms with E-state index in [1.54, 1.807) is 4.90 Å². The van der Waals surface area contributed by atoms with E-state index in [-0.39, 0.29) is 12.5 Å². The third kappa shape index (κ3) is 5.68. The molecule has 0 rings (SSSR count). The lowest BCUT2D eigenvalue weighted by molar-refractivity contribution is -0.128. The standard InChI is InChI=1S/C9H20N2O4/c1-3-11(7(2)13)5-4-10-8(6-12)9(14)15/h8-10,12,14-15H,3-6H2,1-2H3. The fourth-order valence-corrected chi connectivity index (χ4v) is 1.19. The molecule has 0 spiro atoms. The van der Waals surface area contributed by atoms with Gasteiger partial charge in [0.1, 0.15) is 0 Å². The summed E-state index contributed by atoms with van der Waals surface area (Å²) in [5.74, 6) is -0.0237. The number of nitrogens with one attached hydrogen (secondary N) is 1. The first-order chi connectivity index (χ1) is 7.02. The molecule has 0 aliphatic rings. The summed E-state index contributed by atoms with van der Waals surface area (Å²) in [6, 6.07) is -0.768. The summed E-state index contributed by atoms with van der Waals surface area (Å²) in [4.78, 5) is 12.6. The Labute approximate surface area is 89.5 Å². The number of nitrogens with zero attached hydrogens (tertiary/aromatic N) is 1. The molecule has 15 heavy (non-hydrogen) atoms. The molecule has 0 saturated heterocycles. The van der Waals surface area contributed by atoms with Gasteiger partial charge in [-0.2, -0.15) is 0 Å². The number of hydrogen-bond donors (Lipinski definition) is 4. The van der Waals surface area contributed by atoms with Crippen molar-refractivity contribution in [3.63, 3.8) is 0 Å². The topological polar surface area (TPSA) is 93.0 Å². The molecule has 0 bridgehead atoms. The van der Waals surface area contributed by atoms with Crippen LogP contribution in [0.25, 0.3) is 0 Å². The van der Waals surface area contributed by atoms with Gasteiger partial charge in [0, 0.05) is 26.6 Å². The van der Waals surface area contributed by atoms with E-state index in [0.29, 0.717) is 19.6 Å². The van der Waals surface area contributed by atoms with Crippen LogP contribution in [-0.4, -0.2) is 64.7 Å². The van der Waals surface area contributed by atoms with Gasteiger partial charge < -0.3 is 25.5 Å². The lowest BCUT2D eigenvalue weighted by Crippen LogP contribution is -2.46. The van der Waals surface area contributed by atoms with Crippen molar-refractivity contribution in [2.24, 2.45) is 0 Å². The van der Waals surface area contributed by atoms with Crippen LogP contribution in [0.1, 0.15) is 13.8 Å². The first-order valence-corrected chi connectivity index (χ1v) is 4.98. The molecule has 0 radical (unpaired) electrons. The highest BCUT2D eigenvalue weighted by Crippen LogP contribution is 1.90. The Bertz CT molecular complexity index is 187. The minimum atomic E-state index is -1.59. The Hall–Kier alpha value is -0.690. The predicted molar refractivity (Wildman–Crippen MR) is 55.0 cm³/mol. The highest BCUT2D eigenvalue weighted by molar-refractivity contribution is 5.73. The van der Waals surface area contributed by atoms with Gasteiger partial charge in [0.25, 0.3) is 0 Å². The maximum atomic E-state index is 11.0. The third-order valence-electron chi connectivity index (χ3n) is 2.17. The van der Waals surface area contributed by atoms with E-state index in [2.05, 4.69) is 5.32 Å². The van der Waals surface area contributed by atoms with Crippen LogP contribution in [0, 0.1) is 0 Å². The van der Waals surface area contributed by atoms with Gasteiger partial charge in [0.15, 0.2) is 6.29 Å². The van der Waals surface area contributed by atoms with Crippen LogP contribution in [0.5, 0.6) is 0 Å². The number of carbonyl (C=O) groups excluding carboxylic acids is 1. The number of likely N-dealkylation sites (N-methyl/N-ethyl adjacent to an activating group) is 1. The second-order valence-electron chi connectivity index (χ2n) is 3.26. The molecule has 90 valence electrons. The molecule has 0 aromatic carbocycles. The molecule has 6 heteroatoms. The molecule has 0 aliphatic carbocycles. The van der Waals surface area contributed by atoms with E-state index in [1.807, 2.05) is 6.92 Å². The van der Waals surface area contributed by atoms with E-state index >= 15 is 0 Å². The number of amides is 1. The quantitative estimate of drug-likeness (QED) is 0.377. The fourth-order valence-electron chi connectivity index (χ4n) is 1.19. The molecule has 1 unspecified atom stereocenters. The highest BCUT2D eigenvalue weighted by atomic mass is 16.5. The van der Waals surface area contributed by atoms with Crippen molar-refractivity contribution < 1.29 is 20.1 Å². The first-order valence-electron chi connectivity index (χ1n) is 4.98. The van der Waals surface area contributed by atoms with E-state index in [9.17, 15) is 4.79 Å². The Morgan fingerprint density at radius 3 is 2.40 bits per heavy atom. The molecule has 1 atom stereocenters. The maximum Gasteiger partial charge on any atom is 0.219 e. The molecule has 0 aromatic rings. The Morgan fingerprint density at radius 2 is 2.07 bits per heavy atom. The monoisotopic (exact) mass is 220 g/mol. The normalized spacial score (nSPS) is 12.9. The number of aliphatic hydroxyl groups is 3. The summed E-state index contributed by atoms with van der Waals surface area (Å²) in [6.45, 7) is 4.50. The number of rotatable bonds is 7. The highest BCUT2D eigenvalue weighted by Gasteiger charge is 2.14. The zero-order valence-electron chi connectivity index (χ0n) is 9.18. The Balaban J connectivity index is 3.80. The minimum absolute atomic E-state index is 0.0237. The van der Waals surface area contributed by atoms with Gasteiger partial charge in [-0.05, 0) is 6.92 Å². The van der Waals surface area contributed by atoms with Crippen molar-refractivity contribution in [1.29, 1.82) is 0 Å². The molecule has 0 fully saturated rings. The van der Waals surface area contributed by atoms with Crippen LogP contribution in [-0.2, 0) is 4.79 Å². The Kier molecular flexibility index (Phi) is 7.23. The van der Waals surface area contributed by atoms with Crippen molar-refractivity contribution in [1.82, 2.24) is 10.2 Å². The van der Waals surface area contributed by atoms with Gasteiger partial charge in [0.05, 0.1) is 12.6 Å². The Morgan fingerprint density at radius 1 is 1.47 bits per heavy atom. The average Bonchev–Trinajstić information content (AvgIpc) is 2.17. The van der Waals surface area contributed by atoms with Gasteiger partial charge in [-0.25, -0.2) is 0 Å². The molecule has 6 nitrogen and oxygen atoms in total. The summed E-state index contributed by atoms with van der Waals surface area (Å²) in [7, 11) is 0. The molecule has 4 N–H and O–H groups in total. The fraction of sp³-hybridized carbons (Fsp3) is 0.889. The molecule has 0 aromatic heterocycles. The third-order valence-corrected chi connectivity index (χ3v) is 2.17. The van der Waals surface area contributed by atoms with Gasteiger partial charge >= 0.3 is 0 Å². The van der Waals surface area contributed by atoms with Crippen LogP contribution in [0.15, 0.2) is 0 Å².